The summed E-state index contributed by atoms with van der Waals surface area (Å²) in [6, 6.07) is 1.67. The van der Waals surface area contributed by atoms with Crippen LogP contribution in [0.25, 0.3) is 5.70 Å². The number of hydrogen-bond acceptors (Lipinski definition) is 3. The molecule has 3 atom stereocenters. The highest BCUT2D eigenvalue weighted by molar-refractivity contribution is 5.71. The number of piperidine rings is 1. The van der Waals surface area contributed by atoms with E-state index in [0.29, 0.717) is 40.1 Å². The SMILES string of the molecule is C=C(N)c1cc2c([nH]1)N=CCC2F.CC12CCC(CN1)C2(C)C. The van der Waals surface area contributed by atoms with Crippen LogP contribution >= 0.6 is 0 Å². The third-order valence-electron chi connectivity index (χ3n) is 6.22. The van der Waals surface area contributed by atoms with Gasteiger partial charge in [-0.2, -0.15) is 0 Å². The Morgan fingerprint density at radius 1 is 1.43 bits per heavy atom. The number of nitrogens with one attached hydrogen (secondary N) is 2. The van der Waals surface area contributed by atoms with Crippen molar-refractivity contribution in [2.24, 2.45) is 22.1 Å². The van der Waals surface area contributed by atoms with E-state index in [2.05, 4.69) is 42.6 Å². The summed E-state index contributed by atoms with van der Waals surface area (Å²) < 4.78 is 13.3. The number of nitrogens with zero attached hydrogens (tertiary/aromatic N) is 1. The Labute approximate surface area is 137 Å². The molecule has 2 fully saturated rings. The van der Waals surface area contributed by atoms with Crippen LogP contribution in [0.5, 0.6) is 0 Å². The summed E-state index contributed by atoms with van der Waals surface area (Å²) in [5, 5.41) is 3.62. The second kappa shape index (κ2) is 5.48. The summed E-state index contributed by atoms with van der Waals surface area (Å²) in [4.78, 5) is 6.93. The topological polar surface area (TPSA) is 66.2 Å². The van der Waals surface area contributed by atoms with E-state index in [0.717, 1.165) is 5.92 Å². The van der Waals surface area contributed by atoms with Gasteiger partial charge < -0.3 is 16.0 Å². The summed E-state index contributed by atoms with van der Waals surface area (Å²) in [6.07, 6.45) is 3.74. The van der Waals surface area contributed by atoms with Gasteiger partial charge in [-0.1, -0.05) is 20.4 Å². The van der Waals surface area contributed by atoms with Crippen molar-refractivity contribution in [3.8, 4) is 0 Å². The molecule has 5 heteroatoms. The summed E-state index contributed by atoms with van der Waals surface area (Å²) in [5.74, 6) is 1.50. The molecular weight excluding hydrogens is 291 g/mol. The van der Waals surface area contributed by atoms with Crippen molar-refractivity contribution in [2.75, 3.05) is 6.54 Å². The highest BCUT2D eigenvalue weighted by Gasteiger charge is 2.55. The predicted octanol–water partition coefficient (Wildman–Crippen LogP) is 3.85. The summed E-state index contributed by atoms with van der Waals surface area (Å²) >= 11 is 0. The molecule has 0 radical (unpaired) electrons. The number of halogens is 1. The van der Waals surface area contributed by atoms with Gasteiger partial charge >= 0.3 is 0 Å². The summed E-state index contributed by atoms with van der Waals surface area (Å²) in [5.41, 5.74) is 8.09. The second-order valence-corrected chi connectivity index (χ2v) is 7.70. The molecule has 0 spiro atoms. The number of aliphatic imine (C=N–C) groups is 1. The van der Waals surface area contributed by atoms with Crippen molar-refractivity contribution in [3.05, 3.63) is 23.9 Å². The fourth-order valence-corrected chi connectivity index (χ4v) is 3.96. The molecule has 23 heavy (non-hydrogen) atoms. The molecule has 4 rings (SSSR count). The third-order valence-corrected chi connectivity index (χ3v) is 6.22. The average molecular weight is 318 g/mol. The summed E-state index contributed by atoms with van der Waals surface area (Å²) in [6.45, 7) is 12.0. The Hall–Kier alpha value is -1.62. The largest absolute Gasteiger partial charge is 0.398 e. The van der Waals surface area contributed by atoms with E-state index in [-0.39, 0.29) is 0 Å². The van der Waals surface area contributed by atoms with E-state index >= 15 is 0 Å². The lowest BCUT2D eigenvalue weighted by Gasteiger charge is -2.34. The van der Waals surface area contributed by atoms with Gasteiger partial charge in [-0.15, -0.1) is 0 Å². The number of fused-ring (bicyclic) bond motifs is 3. The van der Waals surface area contributed by atoms with Gasteiger partial charge in [-0.3, -0.25) is 0 Å². The zero-order valence-corrected chi connectivity index (χ0v) is 14.2. The van der Waals surface area contributed by atoms with Crippen LogP contribution in [0, 0.1) is 11.3 Å². The Kier molecular flexibility index (Phi) is 3.87. The zero-order valence-electron chi connectivity index (χ0n) is 14.2. The maximum absolute atomic E-state index is 13.3. The van der Waals surface area contributed by atoms with Crippen molar-refractivity contribution in [1.82, 2.24) is 10.3 Å². The van der Waals surface area contributed by atoms with Crippen molar-refractivity contribution in [2.45, 2.75) is 51.7 Å². The lowest BCUT2D eigenvalue weighted by atomic mass is 9.75. The predicted molar refractivity (Wildman–Crippen MR) is 93.5 cm³/mol. The number of aromatic amines is 1. The van der Waals surface area contributed by atoms with Gasteiger partial charge in [0.1, 0.15) is 12.0 Å². The Bertz CT molecular complexity index is 633. The lowest BCUT2D eigenvalue weighted by Crippen LogP contribution is -2.44. The molecule has 1 aliphatic carbocycles. The minimum atomic E-state index is -0.975. The van der Waals surface area contributed by atoms with Crippen LogP contribution in [0.1, 0.15) is 57.5 Å². The first kappa shape index (κ1) is 16.2. The van der Waals surface area contributed by atoms with Gasteiger partial charge in [0.25, 0.3) is 0 Å². The van der Waals surface area contributed by atoms with Crippen LogP contribution in [0.4, 0.5) is 10.2 Å². The molecule has 1 aromatic heterocycles. The number of alkyl halides is 1. The second-order valence-electron chi connectivity index (χ2n) is 7.70. The van der Waals surface area contributed by atoms with Gasteiger partial charge in [0.15, 0.2) is 0 Å². The molecular formula is C18H27FN4. The fraction of sp³-hybridized carbons (Fsp3) is 0.611. The molecule has 3 aliphatic rings. The quantitative estimate of drug-likeness (QED) is 0.736. The van der Waals surface area contributed by atoms with Gasteiger partial charge in [-0.25, -0.2) is 9.38 Å². The van der Waals surface area contributed by atoms with Crippen LogP contribution in [-0.4, -0.2) is 23.3 Å². The molecule has 0 aromatic carbocycles. The van der Waals surface area contributed by atoms with E-state index in [9.17, 15) is 4.39 Å². The van der Waals surface area contributed by atoms with Crippen molar-refractivity contribution in [3.63, 3.8) is 0 Å². The molecule has 2 bridgehead atoms. The van der Waals surface area contributed by atoms with Crippen LogP contribution < -0.4 is 11.1 Å². The van der Waals surface area contributed by atoms with Gasteiger partial charge in [0.2, 0.25) is 0 Å². The van der Waals surface area contributed by atoms with E-state index in [1.165, 1.54) is 19.4 Å². The molecule has 1 saturated carbocycles. The Morgan fingerprint density at radius 2 is 2.17 bits per heavy atom. The summed E-state index contributed by atoms with van der Waals surface area (Å²) in [7, 11) is 0. The van der Waals surface area contributed by atoms with Gasteiger partial charge in [0.05, 0.1) is 5.69 Å². The van der Waals surface area contributed by atoms with Gasteiger partial charge in [0, 0.05) is 29.4 Å². The minimum Gasteiger partial charge on any atom is -0.398 e. The molecule has 1 saturated heterocycles. The highest BCUT2D eigenvalue weighted by Crippen LogP contribution is 2.53. The van der Waals surface area contributed by atoms with Crippen molar-refractivity contribution in [1.29, 1.82) is 0 Å². The number of rotatable bonds is 1. The Morgan fingerprint density at radius 3 is 2.57 bits per heavy atom. The maximum Gasteiger partial charge on any atom is 0.136 e. The van der Waals surface area contributed by atoms with Gasteiger partial charge in [-0.05, 0) is 43.7 Å². The van der Waals surface area contributed by atoms with Crippen molar-refractivity contribution < 1.29 is 4.39 Å². The van der Waals surface area contributed by atoms with E-state index < -0.39 is 6.17 Å². The minimum absolute atomic E-state index is 0.335. The number of aromatic nitrogens is 1. The van der Waals surface area contributed by atoms with E-state index in [4.69, 9.17) is 5.73 Å². The number of nitrogens with two attached hydrogens (primary N) is 1. The Balaban J connectivity index is 0.000000140. The van der Waals surface area contributed by atoms with E-state index in [1.807, 2.05) is 0 Å². The molecule has 3 unspecified atom stereocenters. The first-order valence-corrected chi connectivity index (χ1v) is 8.34. The first-order valence-electron chi connectivity index (χ1n) is 8.34. The fourth-order valence-electron chi connectivity index (χ4n) is 3.96. The van der Waals surface area contributed by atoms with Crippen LogP contribution in [0.3, 0.4) is 0 Å². The van der Waals surface area contributed by atoms with Crippen LogP contribution in [0.2, 0.25) is 0 Å². The van der Waals surface area contributed by atoms with Crippen LogP contribution in [-0.2, 0) is 0 Å². The first-order chi connectivity index (χ1) is 10.7. The maximum atomic E-state index is 13.3. The highest BCUT2D eigenvalue weighted by atomic mass is 19.1. The lowest BCUT2D eigenvalue weighted by molar-refractivity contribution is 0.218. The standard InChI is InChI=1S/C9H10FN3.C9H17N/c1-5(11)8-4-6-7(10)2-3-12-9(6)13-8;1-8(2)7-4-5-9(8,3)10-6-7/h3-4,7,13H,1-2,11H2;7,10H,4-6H2,1-3H3. The number of hydrogen-bond donors (Lipinski definition) is 3. The van der Waals surface area contributed by atoms with E-state index in [1.54, 1.807) is 12.3 Å². The molecule has 126 valence electrons. The molecule has 3 heterocycles. The normalized spacial score (nSPS) is 33.0. The average Bonchev–Trinajstić information content (AvgIpc) is 3.09. The molecule has 0 amide bonds. The smallest absolute Gasteiger partial charge is 0.136 e. The monoisotopic (exact) mass is 318 g/mol. The molecule has 2 aliphatic heterocycles. The molecule has 4 nitrogen and oxygen atoms in total. The third kappa shape index (κ3) is 2.61. The molecule has 1 aromatic rings. The number of H-pyrrole nitrogens is 1. The van der Waals surface area contributed by atoms with Crippen molar-refractivity contribution >= 4 is 17.7 Å². The molecule has 4 N–H and O–H groups in total. The van der Waals surface area contributed by atoms with Crippen LogP contribution in [0.15, 0.2) is 17.6 Å². The zero-order chi connectivity index (χ0) is 16.8.